The van der Waals surface area contributed by atoms with Crippen LogP contribution in [-0.2, 0) is 20.1 Å². The Kier molecular flexibility index (Phi) is 11.6. The fourth-order valence-corrected chi connectivity index (χ4v) is 3.43. The Labute approximate surface area is 232 Å². The SMILES string of the molecule is [Ir-3].c1ccc(-c2ccccn2)cc1.c1ccc(-c2ccccn2)cc1.c1ccc(-c2ccccn2)cc1. The Morgan fingerprint density at radius 1 is 0.270 bits per heavy atom. The summed E-state index contributed by atoms with van der Waals surface area (Å²) in [6.45, 7) is 0. The van der Waals surface area contributed by atoms with Gasteiger partial charge in [0, 0.05) is 35.3 Å². The molecule has 0 aliphatic heterocycles. The summed E-state index contributed by atoms with van der Waals surface area (Å²) < 4.78 is 0. The molecule has 0 saturated carbocycles. The molecule has 3 aromatic carbocycles. The molecular formula is C33H27IrN3-3. The molecule has 4 heteroatoms. The zero-order chi connectivity index (χ0) is 24.7. The molecule has 3 nitrogen and oxygen atoms in total. The van der Waals surface area contributed by atoms with Crippen molar-refractivity contribution in [1.82, 2.24) is 15.0 Å². The van der Waals surface area contributed by atoms with E-state index in [1.807, 2.05) is 128 Å². The van der Waals surface area contributed by atoms with Gasteiger partial charge in [-0.3, -0.25) is 15.0 Å². The molecule has 3 heterocycles. The monoisotopic (exact) mass is 658 g/mol. The summed E-state index contributed by atoms with van der Waals surface area (Å²) in [6, 6.07) is 48.3. The van der Waals surface area contributed by atoms with Crippen molar-refractivity contribution in [1.29, 1.82) is 0 Å². The van der Waals surface area contributed by atoms with Crippen LogP contribution in [0.25, 0.3) is 33.8 Å². The van der Waals surface area contributed by atoms with Crippen LogP contribution < -0.4 is 0 Å². The van der Waals surface area contributed by atoms with Gasteiger partial charge in [0.05, 0.1) is 17.1 Å². The van der Waals surface area contributed by atoms with Gasteiger partial charge in [0.2, 0.25) is 0 Å². The molecule has 0 aliphatic carbocycles. The Morgan fingerprint density at radius 3 is 0.730 bits per heavy atom. The topological polar surface area (TPSA) is 38.7 Å². The first-order chi connectivity index (χ1) is 17.9. The summed E-state index contributed by atoms with van der Waals surface area (Å²) in [6.07, 6.45) is 5.42. The van der Waals surface area contributed by atoms with E-state index in [2.05, 4.69) is 51.4 Å². The van der Waals surface area contributed by atoms with Gasteiger partial charge in [-0.05, 0) is 36.4 Å². The molecule has 0 atom stereocenters. The zero-order valence-corrected chi connectivity index (χ0v) is 22.7. The average Bonchev–Trinajstić information content (AvgIpc) is 3.01. The van der Waals surface area contributed by atoms with Crippen molar-refractivity contribution in [2.45, 2.75) is 0 Å². The Balaban J connectivity index is 0.000000152. The number of pyridine rings is 3. The van der Waals surface area contributed by atoms with Crippen molar-refractivity contribution >= 4 is 0 Å². The normalized spacial score (nSPS) is 9.41. The Morgan fingerprint density at radius 2 is 0.514 bits per heavy atom. The summed E-state index contributed by atoms with van der Waals surface area (Å²) in [5, 5.41) is 0. The number of nitrogens with zero attached hydrogens (tertiary/aromatic N) is 3. The minimum absolute atomic E-state index is 0. The van der Waals surface area contributed by atoms with Crippen LogP contribution in [0.15, 0.2) is 164 Å². The molecule has 0 N–H and O–H groups in total. The average molecular weight is 658 g/mol. The standard InChI is InChI=1S/3C11H9N.Ir/c3*1-2-6-10(7-3-1)11-8-4-5-9-12-11;/h3*1-9H;/q;;;-3. The van der Waals surface area contributed by atoms with E-state index in [0.29, 0.717) is 0 Å². The maximum Gasteiger partial charge on any atom is 0.0701 e. The quantitative estimate of drug-likeness (QED) is 0.193. The van der Waals surface area contributed by atoms with Crippen molar-refractivity contribution in [2.75, 3.05) is 0 Å². The molecule has 186 valence electrons. The van der Waals surface area contributed by atoms with Gasteiger partial charge in [-0.1, -0.05) is 109 Å². The largest absolute Gasteiger partial charge is 3.00 e. The second-order valence-electron chi connectivity index (χ2n) is 7.74. The smallest absolute Gasteiger partial charge is 0.0701 e. The van der Waals surface area contributed by atoms with E-state index < -0.39 is 0 Å². The second-order valence-corrected chi connectivity index (χ2v) is 7.74. The van der Waals surface area contributed by atoms with Gasteiger partial charge < -0.3 is 20.1 Å². The van der Waals surface area contributed by atoms with Crippen LogP contribution in [0.3, 0.4) is 0 Å². The molecule has 6 rings (SSSR count). The molecule has 37 heavy (non-hydrogen) atoms. The van der Waals surface area contributed by atoms with E-state index >= 15 is 0 Å². The van der Waals surface area contributed by atoms with Gasteiger partial charge in [-0.2, -0.15) is 0 Å². The zero-order valence-electron chi connectivity index (χ0n) is 20.3. The fourth-order valence-electron chi connectivity index (χ4n) is 3.43. The number of hydrogen-bond donors (Lipinski definition) is 0. The third-order valence-electron chi connectivity index (χ3n) is 5.20. The Bertz CT molecular complexity index is 1090. The van der Waals surface area contributed by atoms with Crippen LogP contribution in [0.2, 0.25) is 0 Å². The summed E-state index contributed by atoms with van der Waals surface area (Å²) in [7, 11) is 0. The van der Waals surface area contributed by atoms with Crippen molar-refractivity contribution in [3.05, 3.63) is 164 Å². The van der Waals surface area contributed by atoms with Gasteiger partial charge in [0.15, 0.2) is 0 Å². The van der Waals surface area contributed by atoms with E-state index in [0.717, 1.165) is 33.8 Å². The minimum Gasteiger partial charge on any atom is -3.00 e. The fraction of sp³-hybridized carbons (Fsp3) is 0. The summed E-state index contributed by atoms with van der Waals surface area (Å²) >= 11 is 0. The molecule has 0 aliphatic rings. The Hall–Kier alpha value is -4.24. The van der Waals surface area contributed by atoms with Gasteiger partial charge in [0.1, 0.15) is 0 Å². The molecule has 0 bridgehead atoms. The summed E-state index contributed by atoms with van der Waals surface area (Å²) in [5.41, 5.74) is 6.57. The molecule has 0 unspecified atom stereocenters. The van der Waals surface area contributed by atoms with Crippen LogP contribution in [0.5, 0.6) is 0 Å². The molecule has 0 fully saturated rings. The maximum absolute atomic E-state index is 4.25. The van der Waals surface area contributed by atoms with E-state index in [4.69, 9.17) is 0 Å². The van der Waals surface area contributed by atoms with Gasteiger partial charge in [-0.15, -0.1) is 0 Å². The van der Waals surface area contributed by atoms with Crippen LogP contribution >= 0.6 is 0 Å². The molecule has 0 saturated heterocycles. The van der Waals surface area contributed by atoms with Crippen LogP contribution in [0, 0.1) is 0 Å². The second kappa shape index (κ2) is 15.7. The first kappa shape index (κ1) is 27.3. The number of rotatable bonds is 3. The van der Waals surface area contributed by atoms with E-state index in [1.54, 1.807) is 0 Å². The molecule has 0 radical (unpaired) electrons. The predicted octanol–water partition coefficient (Wildman–Crippen LogP) is 8.24. The number of hydrogen-bond acceptors (Lipinski definition) is 3. The third kappa shape index (κ3) is 9.05. The van der Waals surface area contributed by atoms with Crippen LogP contribution in [-0.4, -0.2) is 15.0 Å². The molecular weight excluding hydrogens is 631 g/mol. The van der Waals surface area contributed by atoms with Crippen molar-refractivity contribution < 1.29 is 20.1 Å². The van der Waals surface area contributed by atoms with Crippen LogP contribution in [0.1, 0.15) is 0 Å². The van der Waals surface area contributed by atoms with Gasteiger partial charge in [-0.25, -0.2) is 0 Å². The van der Waals surface area contributed by atoms with Gasteiger partial charge in [0.25, 0.3) is 0 Å². The summed E-state index contributed by atoms with van der Waals surface area (Å²) in [5.74, 6) is 0. The molecule has 3 aromatic heterocycles. The first-order valence-electron chi connectivity index (χ1n) is 11.8. The minimum atomic E-state index is 0. The van der Waals surface area contributed by atoms with E-state index in [9.17, 15) is 0 Å². The van der Waals surface area contributed by atoms with Crippen molar-refractivity contribution in [2.24, 2.45) is 0 Å². The third-order valence-corrected chi connectivity index (χ3v) is 5.20. The molecule has 0 spiro atoms. The van der Waals surface area contributed by atoms with E-state index in [1.165, 1.54) is 0 Å². The van der Waals surface area contributed by atoms with Crippen LogP contribution in [0.4, 0.5) is 0 Å². The van der Waals surface area contributed by atoms with Crippen molar-refractivity contribution in [3.8, 4) is 33.8 Å². The molecule has 6 aromatic rings. The van der Waals surface area contributed by atoms with Gasteiger partial charge >= 0.3 is 0 Å². The molecule has 0 amide bonds. The van der Waals surface area contributed by atoms with Crippen molar-refractivity contribution in [3.63, 3.8) is 0 Å². The summed E-state index contributed by atoms with van der Waals surface area (Å²) in [4.78, 5) is 12.7. The first-order valence-corrected chi connectivity index (χ1v) is 11.8. The maximum atomic E-state index is 4.25. The number of aromatic nitrogens is 3. The number of benzene rings is 3. The van der Waals surface area contributed by atoms with E-state index in [-0.39, 0.29) is 20.1 Å². The predicted molar refractivity (Wildman–Crippen MR) is 149 cm³/mol.